The van der Waals surface area contributed by atoms with Crippen molar-refractivity contribution in [3.05, 3.63) is 40.5 Å². The summed E-state index contributed by atoms with van der Waals surface area (Å²) in [7, 11) is 0. The van der Waals surface area contributed by atoms with Crippen LogP contribution in [-0.4, -0.2) is 23.3 Å². The van der Waals surface area contributed by atoms with Gasteiger partial charge in [0.15, 0.2) is 0 Å². The van der Waals surface area contributed by atoms with Crippen molar-refractivity contribution in [2.75, 3.05) is 6.61 Å². The zero-order valence-electron chi connectivity index (χ0n) is 12.5. The van der Waals surface area contributed by atoms with Crippen molar-refractivity contribution in [1.82, 2.24) is 4.57 Å². The van der Waals surface area contributed by atoms with Crippen molar-refractivity contribution in [2.45, 2.75) is 32.5 Å². The molecule has 0 amide bonds. The molecule has 1 aromatic heterocycles. The Hall–Kier alpha value is -1.89. The van der Waals surface area contributed by atoms with E-state index in [1.54, 1.807) is 35.8 Å². The van der Waals surface area contributed by atoms with Crippen LogP contribution in [0, 0.1) is 4.51 Å². The first-order chi connectivity index (χ1) is 10.8. The van der Waals surface area contributed by atoms with E-state index in [1.807, 2.05) is 0 Å². The van der Waals surface area contributed by atoms with Crippen LogP contribution in [0.25, 0.3) is 10.9 Å². The number of alkyl halides is 3. The molecule has 0 atom stereocenters. The quantitative estimate of drug-likeness (QED) is 0.572. The maximum absolute atomic E-state index is 12.3. The van der Waals surface area contributed by atoms with E-state index in [-0.39, 0.29) is 25.1 Å². The molecule has 124 valence electrons. The van der Waals surface area contributed by atoms with E-state index in [0.29, 0.717) is 15.4 Å². The highest BCUT2D eigenvalue weighted by molar-refractivity contribution is 7.71. The predicted octanol–water partition coefficient (Wildman–Crippen LogP) is 4.89. The lowest BCUT2D eigenvalue weighted by Crippen LogP contribution is -2.12. The predicted molar refractivity (Wildman–Crippen MR) is 84.0 cm³/mol. The molecule has 0 saturated heterocycles. The number of pyridine rings is 1. The van der Waals surface area contributed by atoms with Gasteiger partial charge in [-0.15, -0.1) is 0 Å². The Balaban J connectivity index is 2.44. The fourth-order valence-electron chi connectivity index (χ4n) is 2.33. The molecule has 0 unspecified atom stereocenters. The second-order valence-electron chi connectivity index (χ2n) is 5.02. The number of hydrogen-bond donors (Lipinski definition) is 0. The molecule has 0 fully saturated rings. The normalized spacial score (nSPS) is 11.7. The van der Waals surface area contributed by atoms with Crippen molar-refractivity contribution < 1.29 is 22.7 Å². The molecular weight excluding hydrogens is 327 g/mol. The lowest BCUT2D eigenvalue weighted by molar-refractivity contribution is -0.135. The van der Waals surface area contributed by atoms with Crippen LogP contribution in [0.2, 0.25) is 0 Å². The lowest BCUT2D eigenvalue weighted by Gasteiger charge is -2.14. The largest absolute Gasteiger partial charge is 0.462 e. The Labute approximate surface area is 136 Å². The summed E-state index contributed by atoms with van der Waals surface area (Å²) >= 11 is 5.32. The molecule has 0 aliphatic carbocycles. The average Bonchev–Trinajstić information content (AvgIpc) is 2.48. The van der Waals surface area contributed by atoms with Gasteiger partial charge in [0.2, 0.25) is 0 Å². The van der Waals surface area contributed by atoms with Crippen LogP contribution in [0.1, 0.15) is 30.1 Å². The monoisotopic (exact) mass is 343 g/mol. The SMILES string of the molecule is CCOC(=O)c1cn(CCCC(F)(F)F)c2ccccc2c1=S. The number of esters is 1. The number of halogens is 3. The number of hydrogen-bond acceptors (Lipinski definition) is 3. The summed E-state index contributed by atoms with van der Waals surface area (Å²) in [4.78, 5) is 12.0. The molecule has 0 bridgehead atoms. The van der Waals surface area contributed by atoms with E-state index < -0.39 is 18.6 Å². The highest BCUT2D eigenvalue weighted by atomic mass is 32.1. The van der Waals surface area contributed by atoms with E-state index in [9.17, 15) is 18.0 Å². The van der Waals surface area contributed by atoms with E-state index in [2.05, 4.69) is 0 Å². The second kappa shape index (κ2) is 7.12. The summed E-state index contributed by atoms with van der Waals surface area (Å²) in [5.74, 6) is -0.562. The standard InChI is InChI=1S/C16H16F3NO2S/c1-2-22-15(21)12-10-20(9-5-8-16(17,18)19)13-7-4-3-6-11(13)14(12)23/h3-4,6-7,10H,2,5,8-9H2,1H3. The molecular formula is C16H16F3NO2S. The van der Waals surface area contributed by atoms with Crippen LogP contribution in [0.5, 0.6) is 0 Å². The molecule has 2 rings (SSSR count). The number of rotatable bonds is 5. The van der Waals surface area contributed by atoms with E-state index in [1.165, 1.54) is 6.20 Å². The number of carbonyl (C=O) groups excluding carboxylic acids is 1. The number of nitrogens with zero attached hydrogens (tertiary/aromatic N) is 1. The lowest BCUT2D eigenvalue weighted by atomic mass is 10.1. The summed E-state index contributed by atoms with van der Waals surface area (Å²) < 4.78 is 44.0. The third kappa shape index (κ3) is 4.31. The molecule has 1 heterocycles. The fraction of sp³-hybridized carbons (Fsp3) is 0.375. The topological polar surface area (TPSA) is 31.2 Å². The van der Waals surface area contributed by atoms with Crippen LogP contribution < -0.4 is 0 Å². The Morgan fingerprint density at radius 1 is 1.30 bits per heavy atom. The summed E-state index contributed by atoms with van der Waals surface area (Å²) in [6.07, 6.45) is -3.66. The van der Waals surface area contributed by atoms with Crippen molar-refractivity contribution in [3.63, 3.8) is 0 Å². The van der Waals surface area contributed by atoms with Gasteiger partial charge in [-0.2, -0.15) is 13.2 Å². The van der Waals surface area contributed by atoms with E-state index in [0.717, 1.165) is 0 Å². The number of benzene rings is 1. The van der Waals surface area contributed by atoms with Crippen LogP contribution in [0.4, 0.5) is 13.2 Å². The van der Waals surface area contributed by atoms with Gasteiger partial charge < -0.3 is 9.30 Å². The van der Waals surface area contributed by atoms with Gasteiger partial charge in [0.25, 0.3) is 0 Å². The van der Waals surface area contributed by atoms with E-state index in [4.69, 9.17) is 17.0 Å². The van der Waals surface area contributed by atoms with Crippen LogP contribution >= 0.6 is 12.2 Å². The number of ether oxygens (including phenoxy) is 1. The van der Waals surface area contributed by atoms with Crippen LogP contribution in [0.15, 0.2) is 30.5 Å². The molecule has 0 radical (unpaired) electrons. The number of para-hydroxylation sites is 1. The van der Waals surface area contributed by atoms with Gasteiger partial charge in [-0.25, -0.2) is 4.79 Å². The van der Waals surface area contributed by atoms with Gasteiger partial charge in [-0.1, -0.05) is 30.4 Å². The molecule has 0 spiro atoms. The molecule has 0 saturated carbocycles. The van der Waals surface area contributed by atoms with Crippen LogP contribution in [0.3, 0.4) is 0 Å². The maximum Gasteiger partial charge on any atom is 0.389 e. The summed E-state index contributed by atoms with van der Waals surface area (Å²) in [6.45, 7) is 2.02. The summed E-state index contributed by atoms with van der Waals surface area (Å²) in [6, 6.07) is 7.07. The van der Waals surface area contributed by atoms with Gasteiger partial charge in [0, 0.05) is 30.1 Å². The van der Waals surface area contributed by atoms with E-state index >= 15 is 0 Å². The second-order valence-corrected chi connectivity index (χ2v) is 5.43. The van der Waals surface area contributed by atoms with Gasteiger partial charge in [0.05, 0.1) is 16.7 Å². The van der Waals surface area contributed by atoms with Crippen molar-refractivity contribution in [3.8, 4) is 0 Å². The number of aryl methyl sites for hydroxylation is 1. The maximum atomic E-state index is 12.3. The highest BCUT2D eigenvalue weighted by Crippen LogP contribution is 2.24. The third-order valence-electron chi connectivity index (χ3n) is 3.34. The van der Waals surface area contributed by atoms with Crippen molar-refractivity contribution >= 4 is 29.1 Å². The molecule has 3 nitrogen and oxygen atoms in total. The van der Waals surface area contributed by atoms with Gasteiger partial charge in [-0.05, 0) is 19.4 Å². The number of fused-ring (bicyclic) bond motifs is 1. The third-order valence-corrected chi connectivity index (χ3v) is 3.78. The van der Waals surface area contributed by atoms with Gasteiger partial charge >= 0.3 is 12.1 Å². The van der Waals surface area contributed by atoms with Gasteiger partial charge in [-0.3, -0.25) is 0 Å². The molecule has 7 heteroatoms. The Kier molecular flexibility index (Phi) is 5.41. The van der Waals surface area contributed by atoms with Crippen molar-refractivity contribution in [2.24, 2.45) is 0 Å². The molecule has 2 aromatic rings. The molecule has 0 aliphatic heterocycles. The molecule has 0 N–H and O–H groups in total. The number of carbonyl (C=O) groups is 1. The molecule has 23 heavy (non-hydrogen) atoms. The molecule has 1 aromatic carbocycles. The number of aromatic nitrogens is 1. The average molecular weight is 343 g/mol. The minimum absolute atomic E-state index is 0.0722. The summed E-state index contributed by atoms with van der Waals surface area (Å²) in [5.41, 5.74) is 0.903. The Morgan fingerprint density at radius 3 is 2.65 bits per heavy atom. The zero-order valence-corrected chi connectivity index (χ0v) is 13.3. The van der Waals surface area contributed by atoms with Gasteiger partial charge in [0.1, 0.15) is 0 Å². The fourth-order valence-corrected chi connectivity index (χ4v) is 2.64. The minimum Gasteiger partial charge on any atom is -0.462 e. The Bertz CT molecular complexity index is 768. The molecule has 0 aliphatic rings. The minimum atomic E-state index is -4.20. The first-order valence-electron chi connectivity index (χ1n) is 7.19. The smallest absolute Gasteiger partial charge is 0.389 e. The zero-order chi connectivity index (χ0) is 17.0. The first-order valence-corrected chi connectivity index (χ1v) is 7.60. The summed E-state index contributed by atoms with van der Waals surface area (Å²) in [5, 5.41) is 0.653. The highest BCUT2D eigenvalue weighted by Gasteiger charge is 2.26. The first kappa shape index (κ1) is 17.5. The van der Waals surface area contributed by atoms with Crippen LogP contribution in [-0.2, 0) is 11.3 Å². The van der Waals surface area contributed by atoms with Crippen molar-refractivity contribution in [1.29, 1.82) is 0 Å². The Morgan fingerprint density at radius 2 is 2.00 bits per heavy atom.